The van der Waals surface area contributed by atoms with Crippen molar-refractivity contribution in [3.8, 4) is 0 Å². The highest BCUT2D eigenvalue weighted by Gasteiger charge is 2.23. The smallest absolute Gasteiger partial charge is 0.244 e. The first-order valence-electron chi connectivity index (χ1n) is 8.73. The third-order valence-corrected chi connectivity index (χ3v) is 6.90. The molecule has 29 heavy (non-hydrogen) atoms. The van der Waals surface area contributed by atoms with Crippen LogP contribution in [-0.4, -0.2) is 22.4 Å². The summed E-state index contributed by atoms with van der Waals surface area (Å²) in [6.45, 7) is 0.529. The zero-order valence-corrected chi connectivity index (χ0v) is 18.8. The maximum atomic E-state index is 13.1. The summed E-state index contributed by atoms with van der Waals surface area (Å²) in [7, 11) is -3.68. The summed E-state index contributed by atoms with van der Waals surface area (Å²) < 4.78 is 28.0. The van der Waals surface area contributed by atoms with E-state index in [0.29, 0.717) is 23.3 Å². The summed E-state index contributed by atoms with van der Waals surface area (Å²) in [6.07, 6.45) is 1.56. The van der Waals surface area contributed by atoms with E-state index in [1.165, 1.54) is 3.97 Å². The fraction of sp³-hybridized carbons (Fsp3) is 0.100. The van der Waals surface area contributed by atoms with Gasteiger partial charge in [0.1, 0.15) is 5.82 Å². The van der Waals surface area contributed by atoms with Gasteiger partial charge < -0.3 is 5.32 Å². The molecule has 9 heteroatoms. The molecule has 0 radical (unpaired) electrons. The van der Waals surface area contributed by atoms with Crippen LogP contribution < -0.4 is 5.32 Å². The molecular weight excluding hydrogens is 523 g/mol. The van der Waals surface area contributed by atoms with Gasteiger partial charge >= 0.3 is 0 Å². The molecule has 0 atom stereocenters. The number of nitrogens with zero attached hydrogens (tertiary/aromatic N) is 3. The third kappa shape index (κ3) is 4.39. The second-order valence-electron chi connectivity index (χ2n) is 6.39. The number of halogens is 2. The van der Waals surface area contributed by atoms with Crippen LogP contribution in [0.15, 0.2) is 66.9 Å². The van der Waals surface area contributed by atoms with Crippen LogP contribution in [0.5, 0.6) is 0 Å². The SMILES string of the molecule is O=S(=O)(Cc1ccccc1)n1cc(I)c2c(NCc3ccccc3)nc(Cl)nc21. The van der Waals surface area contributed by atoms with Gasteiger partial charge in [0.25, 0.3) is 0 Å². The maximum absolute atomic E-state index is 13.1. The molecular formula is C20H16ClIN4O2S. The molecule has 0 aliphatic rings. The van der Waals surface area contributed by atoms with Crippen LogP contribution in [-0.2, 0) is 22.3 Å². The van der Waals surface area contributed by atoms with E-state index < -0.39 is 10.0 Å². The van der Waals surface area contributed by atoms with Crippen molar-refractivity contribution in [3.05, 3.63) is 86.8 Å². The molecule has 0 amide bonds. The quantitative estimate of drug-likeness (QED) is 0.285. The van der Waals surface area contributed by atoms with Crippen LogP contribution in [0.3, 0.4) is 0 Å². The summed E-state index contributed by atoms with van der Waals surface area (Å²) in [5, 5.41) is 3.86. The van der Waals surface area contributed by atoms with E-state index in [4.69, 9.17) is 11.6 Å². The molecule has 0 saturated heterocycles. The van der Waals surface area contributed by atoms with E-state index in [9.17, 15) is 8.42 Å². The minimum absolute atomic E-state index is 0.0151. The average molecular weight is 539 g/mol. The van der Waals surface area contributed by atoms with Gasteiger partial charge in [-0.05, 0) is 45.3 Å². The topological polar surface area (TPSA) is 76.9 Å². The highest BCUT2D eigenvalue weighted by atomic mass is 127. The van der Waals surface area contributed by atoms with Gasteiger partial charge in [-0.15, -0.1) is 0 Å². The molecule has 0 fully saturated rings. The summed E-state index contributed by atoms with van der Waals surface area (Å²) in [5.74, 6) is 0.365. The monoisotopic (exact) mass is 538 g/mol. The Morgan fingerprint density at radius 1 is 0.966 bits per heavy atom. The Balaban J connectivity index is 1.74. The van der Waals surface area contributed by atoms with Crippen molar-refractivity contribution < 1.29 is 8.42 Å². The fourth-order valence-corrected chi connectivity index (χ4v) is 5.55. The van der Waals surface area contributed by atoms with E-state index in [1.807, 2.05) is 48.5 Å². The Bertz CT molecular complexity index is 1260. The van der Waals surface area contributed by atoms with Gasteiger partial charge in [-0.1, -0.05) is 60.7 Å². The molecule has 2 aromatic heterocycles. The number of aromatic nitrogens is 3. The maximum Gasteiger partial charge on any atom is 0.244 e. The molecule has 2 heterocycles. The Labute approximate surface area is 187 Å². The molecule has 0 aliphatic carbocycles. The molecule has 6 nitrogen and oxygen atoms in total. The number of fused-ring (bicyclic) bond motifs is 1. The standard InChI is InChI=1S/C20H16ClIN4O2S/c21-20-24-18(23-11-14-7-3-1-4-8-14)17-16(22)12-26(19(17)25-20)29(27,28)13-15-9-5-2-6-10-15/h1-10,12H,11,13H2,(H,23,24,25). The average Bonchev–Trinajstić information content (AvgIpc) is 3.05. The minimum atomic E-state index is -3.68. The second kappa shape index (κ2) is 8.29. The summed E-state index contributed by atoms with van der Waals surface area (Å²) in [6, 6.07) is 18.9. The van der Waals surface area contributed by atoms with Crippen molar-refractivity contribution in [2.75, 3.05) is 5.32 Å². The van der Waals surface area contributed by atoms with Crippen LogP contribution in [0, 0.1) is 3.57 Å². The molecule has 2 aromatic carbocycles. The highest BCUT2D eigenvalue weighted by molar-refractivity contribution is 14.1. The number of anilines is 1. The van der Waals surface area contributed by atoms with Gasteiger partial charge in [0.15, 0.2) is 5.65 Å². The number of rotatable bonds is 6. The largest absolute Gasteiger partial charge is 0.365 e. The zero-order valence-electron chi connectivity index (χ0n) is 15.1. The second-order valence-corrected chi connectivity index (χ2v) is 9.74. The number of hydrogen-bond donors (Lipinski definition) is 1. The summed E-state index contributed by atoms with van der Waals surface area (Å²) in [5.41, 5.74) is 2.04. The van der Waals surface area contributed by atoms with E-state index in [2.05, 4.69) is 37.9 Å². The molecule has 4 rings (SSSR count). The van der Waals surface area contributed by atoms with Crippen molar-refractivity contribution in [3.63, 3.8) is 0 Å². The number of hydrogen-bond acceptors (Lipinski definition) is 5. The first kappa shape index (κ1) is 20.1. The van der Waals surface area contributed by atoms with E-state index in [-0.39, 0.29) is 16.7 Å². The summed E-state index contributed by atoms with van der Waals surface area (Å²) in [4.78, 5) is 8.50. The molecule has 4 aromatic rings. The van der Waals surface area contributed by atoms with Gasteiger partial charge in [0.2, 0.25) is 15.3 Å². The van der Waals surface area contributed by atoms with E-state index in [1.54, 1.807) is 18.3 Å². The summed E-state index contributed by atoms with van der Waals surface area (Å²) >= 11 is 8.22. The zero-order chi connectivity index (χ0) is 20.4. The molecule has 0 spiro atoms. The van der Waals surface area contributed by atoms with Crippen LogP contribution in [0.1, 0.15) is 11.1 Å². The Morgan fingerprint density at radius 3 is 2.24 bits per heavy atom. The van der Waals surface area contributed by atoms with Crippen LogP contribution in [0.25, 0.3) is 11.0 Å². The lowest BCUT2D eigenvalue weighted by atomic mass is 10.2. The van der Waals surface area contributed by atoms with Crippen molar-refractivity contribution in [2.45, 2.75) is 12.3 Å². The molecule has 0 unspecified atom stereocenters. The Morgan fingerprint density at radius 2 is 1.59 bits per heavy atom. The molecule has 148 valence electrons. The van der Waals surface area contributed by atoms with Gasteiger partial charge in [-0.25, -0.2) is 17.4 Å². The number of benzene rings is 2. The van der Waals surface area contributed by atoms with Crippen molar-refractivity contribution in [1.29, 1.82) is 0 Å². The van der Waals surface area contributed by atoms with Crippen molar-refractivity contribution in [2.24, 2.45) is 0 Å². The lowest BCUT2D eigenvalue weighted by Crippen LogP contribution is -2.15. The van der Waals surface area contributed by atoms with Crippen LogP contribution in [0.4, 0.5) is 5.82 Å². The van der Waals surface area contributed by atoms with Gasteiger partial charge in [-0.2, -0.15) is 4.98 Å². The Hall–Kier alpha value is -2.17. The normalized spacial score (nSPS) is 11.7. The predicted octanol–water partition coefficient (Wildman–Crippen LogP) is 4.68. The predicted molar refractivity (Wildman–Crippen MR) is 123 cm³/mol. The minimum Gasteiger partial charge on any atom is -0.365 e. The molecule has 0 saturated carbocycles. The van der Waals surface area contributed by atoms with Gasteiger partial charge in [-0.3, -0.25) is 0 Å². The lowest BCUT2D eigenvalue weighted by molar-refractivity contribution is 0.588. The van der Waals surface area contributed by atoms with E-state index >= 15 is 0 Å². The lowest BCUT2D eigenvalue weighted by Gasteiger charge is -2.10. The fourth-order valence-electron chi connectivity index (χ4n) is 3.01. The highest BCUT2D eigenvalue weighted by Crippen LogP contribution is 2.31. The van der Waals surface area contributed by atoms with Gasteiger partial charge in [0, 0.05) is 16.3 Å². The first-order valence-corrected chi connectivity index (χ1v) is 11.8. The van der Waals surface area contributed by atoms with Crippen LogP contribution in [0.2, 0.25) is 5.28 Å². The molecule has 0 bridgehead atoms. The Kier molecular flexibility index (Phi) is 5.75. The van der Waals surface area contributed by atoms with E-state index in [0.717, 1.165) is 9.13 Å². The third-order valence-electron chi connectivity index (χ3n) is 4.34. The van der Waals surface area contributed by atoms with Crippen molar-refractivity contribution >= 4 is 61.1 Å². The van der Waals surface area contributed by atoms with Gasteiger partial charge in [0.05, 0.1) is 11.1 Å². The molecule has 0 aliphatic heterocycles. The van der Waals surface area contributed by atoms with Crippen molar-refractivity contribution in [1.82, 2.24) is 13.9 Å². The first-order chi connectivity index (χ1) is 13.9. The number of nitrogens with one attached hydrogen (secondary N) is 1. The molecule has 1 N–H and O–H groups in total. The van der Waals surface area contributed by atoms with Crippen LogP contribution >= 0.6 is 34.2 Å².